The Morgan fingerprint density at radius 1 is 1.11 bits per heavy atom. The quantitative estimate of drug-likeness (QED) is 0.707. The molecule has 0 aliphatic carbocycles. The fourth-order valence-corrected chi connectivity index (χ4v) is 4.92. The number of hydrogen-bond acceptors (Lipinski definition) is 4. The number of benzene rings is 1. The molecule has 1 fully saturated rings. The molecule has 1 saturated heterocycles. The second-order valence-corrected chi connectivity index (χ2v) is 8.19. The molecule has 0 bridgehead atoms. The zero-order valence-corrected chi connectivity index (χ0v) is 17.0. The minimum absolute atomic E-state index is 0.0341. The van der Waals surface area contributed by atoms with Crippen molar-refractivity contribution in [3.63, 3.8) is 0 Å². The molecule has 0 saturated carbocycles. The fraction of sp³-hybridized carbons (Fsp3) is 0.364. The number of amides is 2. The predicted octanol–water partition coefficient (Wildman–Crippen LogP) is 4.15. The first-order valence-corrected chi connectivity index (χ1v) is 10.7. The van der Waals surface area contributed by atoms with E-state index < -0.39 is 0 Å². The molecule has 4 rings (SSSR count). The molecule has 3 heterocycles. The van der Waals surface area contributed by atoms with Crippen molar-refractivity contribution < 1.29 is 4.79 Å². The normalized spacial score (nSPS) is 19.5. The van der Waals surface area contributed by atoms with E-state index in [-0.39, 0.29) is 11.5 Å². The summed E-state index contributed by atoms with van der Waals surface area (Å²) in [4.78, 5) is 23.5. The summed E-state index contributed by atoms with van der Waals surface area (Å²) in [7, 11) is 0. The van der Waals surface area contributed by atoms with Gasteiger partial charge in [0.15, 0.2) is 5.50 Å². The summed E-state index contributed by atoms with van der Waals surface area (Å²) >= 11 is 1.72. The summed E-state index contributed by atoms with van der Waals surface area (Å²) in [6, 6.07) is 14.7. The molecular formula is C22H26N4OS. The molecule has 5 nitrogen and oxygen atoms in total. The average Bonchev–Trinajstić information content (AvgIpc) is 3.26. The van der Waals surface area contributed by atoms with Crippen LogP contribution in [0.2, 0.25) is 0 Å². The van der Waals surface area contributed by atoms with Gasteiger partial charge in [-0.1, -0.05) is 48.2 Å². The van der Waals surface area contributed by atoms with E-state index in [0.29, 0.717) is 0 Å². The van der Waals surface area contributed by atoms with Crippen LogP contribution in [0, 0.1) is 0 Å². The molecular weight excluding hydrogens is 368 g/mol. The van der Waals surface area contributed by atoms with Crippen LogP contribution in [-0.2, 0) is 13.0 Å². The van der Waals surface area contributed by atoms with Gasteiger partial charge in [-0.3, -0.25) is 9.88 Å². The van der Waals surface area contributed by atoms with Gasteiger partial charge in [-0.2, -0.15) is 0 Å². The Kier molecular flexibility index (Phi) is 5.86. The number of thioether (sulfide) groups is 1. The zero-order chi connectivity index (χ0) is 19.3. The van der Waals surface area contributed by atoms with Crippen LogP contribution < -0.4 is 0 Å². The number of aryl methyl sites for hydroxylation is 1. The third-order valence-corrected chi connectivity index (χ3v) is 6.52. The average molecular weight is 395 g/mol. The first-order valence-electron chi connectivity index (χ1n) is 9.79. The molecule has 1 aromatic heterocycles. The molecule has 146 valence electrons. The molecule has 0 N–H and O–H groups in total. The van der Waals surface area contributed by atoms with Crippen molar-refractivity contribution in [2.75, 3.05) is 19.6 Å². The van der Waals surface area contributed by atoms with Crippen molar-refractivity contribution in [1.29, 1.82) is 0 Å². The third kappa shape index (κ3) is 4.17. The number of carbonyl (C=O) groups excluding carboxylic acids is 1. The van der Waals surface area contributed by atoms with Crippen molar-refractivity contribution in [2.24, 2.45) is 0 Å². The second kappa shape index (κ2) is 8.69. The number of allylic oxidation sites excluding steroid dienone is 1. The Morgan fingerprint density at radius 2 is 1.93 bits per heavy atom. The molecule has 1 atom stereocenters. The molecule has 2 aliphatic rings. The van der Waals surface area contributed by atoms with Crippen LogP contribution in [0.4, 0.5) is 4.79 Å². The molecule has 0 spiro atoms. The van der Waals surface area contributed by atoms with Crippen LogP contribution in [0.3, 0.4) is 0 Å². The topological polar surface area (TPSA) is 39.7 Å². The summed E-state index contributed by atoms with van der Waals surface area (Å²) in [6.45, 7) is 5.29. The predicted molar refractivity (Wildman–Crippen MR) is 113 cm³/mol. The van der Waals surface area contributed by atoms with Gasteiger partial charge >= 0.3 is 6.03 Å². The van der Waals surface area contributed by atoms with Gasteiger partial charge in [0.05, 0.1) is 0 Å². The summed E-state index contributed by atoms with van der Waals surface area (Å²) in [5, 5.41) is 2.16. The highest BCUT2D eigenvalue weighted by Crippen LogP contribution is 2.35. The number of carbonyl (C=O) groups is 1. The lowest BCUT2D eigenvalue weighted by molar-refractivity contribution is 0.150. The highest BCUT2D eigenvalue weighted by atomic mass is 32.2. The van der Waals surface area contributed by atoms with E-state index in [1.165, 1.54) is 11.3 Å². The molecule has 2 amide bonds. The summed E-state index contributed by atoms with van der Waals surface area (Å²) in [6.07, 6.45) is 5.70. The zero-order valence-electron chi connectivity index (χ0n) is 16.2. The van der Waals surface area contributed by atoms with Crippen molar-refractivity contribution in [3.8, 4) is 0 Å². The standard InChI is InChI=1S/C22H26N4OS/c1-18-17-28-22(26(18)16-20-9-5-11-23-15-20)25-14-13-24(21(25)27)12-6-10-19-7-3-2-4-8-19/h2-5,7-9,11,15,17,22H,6,10,12-14,16H2,1H3. The first kappa shape index (κ1) is 18.9. The Hall–Kier alpha value is -2.47. The summed E-state index contributed by atoms with van der Waals surface area (Å²) < 4.78 is 0. The molecule has 1 unspecified atom stereocenters. The minimum atomic E-state index is 0.0341. The van der Waals surface area contributed by atoms with E-state index in [2.05, 4.69) is 52.5 Å². The minimum Gasteiger partial charge on any atom is -0.341 e. The lowest BCUT2D eigenvalue weighted by Crippen LogP contribution is -2.45. The maximum absolute atomic E-state index is 13.0. The van der Waals surface area contributed by atoms with Crippen LogP contribution in [0.1, 0.15) is 24.5 Å². The van der Waals surface area contributed by atoms with Gasteiger partial charge in [-0.25, -0.2) is 4.79 Å². The number of rotatable bonds is 7. The van der Waals surface area contributed by atoms with Gasteiger partial charge in [-0.05, 0) is 42.4 Å². The number of aromatic nitrogens is 1. The Bertz CT molecular complexity index is 827. The van der Waals surface area contributed by atoms with Gasteiger partial charge in [0.1, 0.15) is 0 Å². The number of pyridine rings is 1. The molecule has 2 aromatic rings. The van der Waals surface area contributed by atoms with Crippen molar-refractivity contribution in [3.05, 3.63) is 77.1 Å². The number of hydrogen-bond donors (Lipinski definition) is 0. The summed E-state index contributed by atoms with van der Waals surface area (Å²) in [5.74, 6) is 0. The molecule has 0 radical (unpaired) electrons. The molecule has 28 heavy (non-hydrogen) atoms. The van der Waals surface area contributed by atoms with E-state index in [9.17, 15) is 4.79 Å². The Balaban J connectivity index is 1.34. The number of nitrogens with zero attached hydrogens (tertiary/aromatic N) is 4. The van der Waals surface area contributed by atoms with E-state index in [1.807, 2.05) is 28.1 Å². The fourth-order valence-electron chi connectivity index (χ4n) is 3.74. The third-order valence-electron chi connectivity index (χ3n) is 5.29. The van der Waals surface area contributed by atoms with Gasteiger partial charge in [0.25, 0.3) is 0 Å². The van der Waals surface area contributed by atoms with Crippen LogP contribution >= 0.6 is 11.8 Å². The monoisotopic (exact) mass is 394 g/mol. The molecule has 1 aromatic carbocycles. The largest absolute Gasteiger partial charge is 0.341 e. The van der Waals surface area contributed by atoms with Gasteiger partial charge in [-0.15, -0.1) is 0 Å². The lowest BCUT2D eigenvalue weighted by atomic mass is 10.1. The first-order chi connectivity index (χ1) is 13.7. The van der Waals surface area contributed by atoms with Crippen LogP contribution in [-0.4, -0.2) is 50.8 Å². The van der Waals surface area contributed by atoms with Crippen LogP contribution in [0.25, 0.3) is 0 Å². The van der Waals surface area contributed by atoms with E-state index >= 15 is 0 Å². The molecule has 2 aliphatic heterocycles. The smallest absolute Gasteiger partial charge is 0.322 e. The lowest BCUT2D eigenvalue weighted by Gasteiger charge is -2.34. The van der Waals surface area contributed by atoms with E-state index in [4.69, 9.17) is 0 Å². The highest BCUT2D eigenvalue weighted by Gasteiger charge is 2.38. The van der Waals surface area contributed by atoms with E-state index in [1.54, 1.807) is 18.0 Å². The Morgan fingerprint density at radius 3 is 2.71 bits per heavy atom. The molecule has 6 heteroatoms. The second-order valence-electron chi connectivity index (χ2n) is 7.26. The van der Waals surface area contributed by atoms with Crippen LogP contribution in [0.15, 0.2) is 66.0 Å². The van der Waals surface area contributed by atoms with Crippen molar-refractivity contribution >= 4 is 17.8 Å². The Labute approximate surface area is 171 Å². The number of urea groups is 1. The SMILES string of the molecule is CC1=CSC(N2CCN(CCCc3ccccc3)C2=O)N1Cc1cccnc1. The van der Waals surface area contributed by atoms with Gasteiger partial charge in [0.2, 0.25) is 0 Å². The van der Waals surface area contributed by atoms with Crippen molar-refractivity contribution in [2.45, 2.75) is 31.8 Å². The maximum Gasteiger partial charge on any atom is 0.322 e. The van der Waals surface area contributed by atoms with Gasteiger partial charge < -0.3 is 9.80 Å². The van der Waals surface area contributed by atoms with Gasteiger partial charge in [0, 0.05) is 44.3 Å². The maximum atomic E-state index is 13.0. The summed E-state index contributed by atoms with van der Waals surface area (Å²) in [5.41, 5.74) is 3.73. The van der Waals surface area contributed by atoms with Crippen LogP contribution in [0.5, 0.6) is 0 Å². The van der Waals surface area contributed by atoms with Crippen molar-refractivity contribution in [1.82, 2.24) is 19.7 Å². The van der Waals surface area contributed by atoms with E-state index in [0.717, 1.165) is 44.6 Å². The highest BCUT2D eigenvalue weighted by molar-refractivity contribution is 8.02.